The van der Waals surface area contributed by atoms with Gasteiger partial charge in [-0.1, -0.05) is 31.2 Å². The fraction of sp³-hybridized carbons (Fsp3) is 0.406. The van der Waals surface area contributed by atoms with E-state index in [1.54, 1.807) is 6.20 Å². The standard InChI is InChI=1S/C32H41N5O2/c1-7-24-20-27-21-26(31(39)36(8-2)22(3)28-15-18-34-35-28)16-19-37(27)29(24)30(38)25-13-11-23(12-14-25)10-9-17-33-32(4,5)6/h11-16,18-22,33H,7-10,17H2,1-6H3,(H,34,35). The highest BCUT2D eigenvalue weighted by Gasteiger charge is 2.24. The number of amides is 1. The highest BCUT2D eigenvalue weighted by Crippen LogP contribution is 2.25. The Hall–Kier alpha value is -3.71. The lowest BCUT2D eigenvalue weighted by Gasteiger charge is -2.27. The van der Waals surface area contributed by atoms with Gasteiger partial charge in [-0.15, -0.1) is 0 Å². The summed E-state index contributed by atoms with van der Waals surface area (Å²) in [6.45, 7) is 14.1. The van der Waals surface area contributed by atoms with Crippen LogP contribution in [0.3, 0.4) is 0 Å². The monoisotopic (exact) mass is 527 g/mol. The van der Waals surface area contributed by atoms with Gasteiger partial charge in [0.05, 0.1) is 17.4 Å². The van der Waals surface area contributed by atoms with Crippen molar-refractivity contribution in [2.24, 2.45) is 0 Å². The molecule has 7 heteroatoms. The molecular formula is C32H41N5O2. The first-order chi connectivity index (χ1) is 18.6. The van der Waals surface area contributed by atoms with Gasteiger partial charge in [-0.2, -0.15) is 5.10 Å². The van der Waals surface area contributed by atoms with Crippen LogP contribution < -0.4 is 5.32 Å². The Kier molecular flexibility index (Phi) is 8.70. The van der Waals surface area contributed by atoms with Crippen LogP contribution in [0.25, 0.3) is 5.52 Å². The fourth-order valence-electron chi connectivity index (χ4n) is 5.03. The molecule has 2 N–H and O–H groups in total. The zero-order chi connectivity index (χ0) is 28.2. The number of benzene rings is 1. The van der Waals surface area contributed by atoms with Crippen LogP contribution in [-0.2, 0) is 12.8 Å². The Labute approximate surface area is 231 Å². The van der Waals surface area contributed by atoms with Crippen LogP contribution in [0, 0.1) is 0 Å². The number of aryl methyl sites for hydroxylation is 2. The number of aromatic nitrogens is 3. The minimum Gasteiger partial charge on any atom is -0.331 e. The summed E-state index contributed by atoms with van der Waals surface area (Å²) in [4.78, 5) is 28.9. The maximum atomic E-state index is 13.7. The Morgan fingerprint density at radius 1 is 1.05 bits per heavy atom. The molecule has 0 spiro atoms. The van der Waals surface area contributed by atoms with Gasteiger partial charge in [0.1, 0.15) is 0 Å². The van der Waals surface area contributed by atoms with E-state index in [1.807, 2.05) is 65.7 Å². The van der Waals surface area contributed by atoms with E-state index in [1.165, 1.54) is 5.56 Å². The Morgan fingerprint density at radius 2 is 1.79 bits per heavy atom. The predicted octanol–water partition coefficient (Wildman–Crippen LogP) is 6.00. The quantitative estimate of drug-likeness (QED) is 0.185. The number of carbonyl (C=O) groups excluding carboxylic acids is 2. The smallest absolute Gasteiger partial charge is 0.254 e. The van der Waals surface area contributed by atoms with Crippen molar-refractivity contribution in [3.05, 3.63) is 94.6 Å². The van der Waals surface area contributed by atoms with Gasteiger partial charge in [0.25, 0.3) is 5.91 Å². The summed E-state index contributed by atoms with van der Waals surface area (Å²) in [5.74, 6) is -0.0579. The number of hydrogen-bond donors (Lipinski definition) is 2. The summed E-state index contributed by atoms with van der Waals surface area (Å²) >= 11 is 0. The first-order valence-electron chi connectivity index (χ1n) is 14.0. The molecule has 1 amide bonds. The zero-order valence-electron chi connectivity index (χ0n) is 24.0. The third-order valence-corrected chi connectivity index (χ3v) is 7.25. The fourth-order valence-corrected chi connectivity index (χ4v) is 5.03. The average molecular weight is 528 g/mol. The lowest BCUT2D eigenvalue weighted by molar-refractivity contribution is 0.0699. The largest absolute Gasteiger partial charge is 0.331 e. The molecule has 3 aromatic heterocycles. The number of carbonyl (C=O) groups is 2. The molecular weight excluding hydrogens is 486 g/mol. The summed E-state index contributed by atoms with van der Waals surface area (Å²) in [6, 6.07) is 15.5. The van der Waals surface area contributed by atoms with E-state index < -0.39 is 0 Å². The topological polar surface area (TPSA) is 82.5 Å². The van der Waals surface area contributed by atoms with Crippen LogP contribution >= 0.6 is 0 Å². The second-order valence-corrected chi connectivity index (χ2v) is 11.2. The Morgan fingerprint density at radius 3 is 2.41 bits per heavy atom. The number of nitrogens with zero attached hydrogens (tertiary/aromatic N) is 3. The van der Waals surface area contributed by atoms with Crippen molar-refractivity contribution in [1.29, 1.82) is 0 Å². The van der Waals surface area contributed by atoms with Gasteiger partial charge in [0, 0.05) is 41.1 Å². The molecule has 0 bridgehead atoms. The molecule has 4 aromatic rings. The predicted molar refractivity (Wildman–Crippen MR) is 156 cm³/mol. The first kappa shape index (κ1) is 28.3. The third-order valence-electron chi connectivity index (χ3n) is 7.25. The molecule has 0 fully saturated rings. The number of aromatic amines is 1. The van der Waals surface area contributed by atoms with Gasteiger partial charge in [-0.3, -0.25) is 14.7 Å². The van der Waals surface area contributed by atoms with Gasteiger partial charge in [0.2, 0.25) is 5.78 Å². The SMILES string of the molecule is CCc1cc2cc(C(=O)N(CC)C(C)c3ccn[nH]3)ccn2c1C(=O)c1ccc(CCCNC(C)(C)C)cc1. The molecule has 7 nitrogen and oxygen atoms in total. The van der Waals surface area contributed by atoms with Crippen LogP contribution in [0.2, 0.25) is 0 Å². The zero-order valence-corrected chi connectivity index (χ0v) is 24.0. The summed E-state index contributed by atoms with van der Waals surface area (Å²) in [5, 5.41) is 10.5. The van der Waals surface area contributed by atoms with Crippen LogP contribution in [0.1, 0.15) is 97.2 Å². The van der Waals surface area contributed by atoms with Crippen molar-refractivity contribution in [3.8, 4) is 0 Å². The van der Waals surface area contributed by atoms with E-state index in [0.717, 1.165) is 42.6 Å². The van der Waals surface area contributed by atoms with Crippen molar-refractivity contribution in [1.82, 2.24) is 24.8 Å². The highest BCUT2D eigenvalue weighted by molar-refractivity contribution is 6.10. The van der Waals surface area contributed by atoms with E-state index >= 15 is 0 Å². The molecule has 0 radical (unpaired) electrons. The van der Waals surface area contributed by atoms with Crippen molar-refractivity contribution in [2.45, 2.75) is 72.4 Å². The van der Waals surface area contributed by atoms with Crippen molar-refractivity contribution >= 4 is 17.2 Å². The maximum absolute atomic E-state index is 13.7. The van der Waals surface area contributed by atoms with Gasteiger partial charge in [0.15, 0.2) is 0 Å². The van der Waals surface area contributed by atoms with E-state index in [9.17, 15) is 9.59 Å². The summed E-state index contributed by atoms with van der Waals surface area (Å²) < 4.78 is 1.92. The molecule has 1 aromatic carbocycles. The number of ketones is 1. The molecule has 4 rings (SSSR count). The molecule has 1 unspecified atom stereocenters. The van der Waals surface area contributed by atoms with Crippen LogP contribution in [0.4, 0.5) is 0 Å². The van der Waals surface area contributed by atoms with Gasteiger partial charge < -0.3 is 14.6 Å². The molecule has 3 heterocycles. The third kappa shape index (κ3) is 6.48. The van der Waals surface area contributed by atoms with E-state index in [0.29, 0.717) is 23.4 Å². The Balaban J connectivity index is 1.54. The number of nitrogens with one attached hydrogen (secondary N) is 2. The van der Waals surface area contributed by atoms with Crippen LogP contribution in [0.15, 0.2) is 60.9 Å². The maximum Gasteiger partial charge on any atom is 0.254 e. The Bertz CT molecular complexity index is 1410. The van der Waals surface area contributed by atoms with Gasteiger partial charge in [-0.05, 0) is 95.8 Å². The minimum atomic E-state index is -0.130. The van der Waals surface area contributed by atoms with Gasteiger partial charge >= 0.3 is 0 Å². The lowest BCUT2D eigenvalue weighted by Crippen LogP contribution is -2.36. The van der Waals surface area contributed by atoms with E-state index in [4.69, 9.17) is 0 Å². The van der Waals surface area contributed by atoms with E-state index in [2.05, 4.69) is 55.3 Å². The average Bonchev–Trinajstić information content (AvgIpc) is 3.58. The van der Waals surface area contributed by atoms with Crippen molar-refractivity contribution in [2.75, 3.05) is 13.1 Å². The van der Waals surface area contributed by atoms with Crippen LogP contribution in [-0.4, -0.2) is 49.8 Å². The molecule has 0 aliphatic rings. The first-order valence-corrected chi connectivity index (χ1v) is 14.0. The number of hydrogen-bond acceptors (Lipinski definition) is 4. The molecule has 0 aliphatic carbocycles. The van der Waals surface area contributed by atoms with Crippen molar-refractivity contribution < 1.29 is 9.59 Å². The second kappa shape index (κ2) is 12.0. The molecule has 39 heavy (non-hydrogen) atoms. The van der Waals surface area contributed by atoms with Crippen molar-refractivity contribution in [3.63, 3.8) is 0 Å². The number of pyridine rings is 1. The summed E-state index contributed by atoms with van der Waals surface area (Å²) in [5.41, 5.74) is 5.98. The molecule has 0 saturated heterocycles. The van der Waals surface area contributed by atoms with Gasteiger partial charge in [-0.25, -0.2) is 0 Å². The van der Waals surface area contributed by atoms with Crippen LogP contribution in [0.5, 0.6) is 0 Å². The summed E-state index contributed by atoms with van der Waals surface area (Å²) in [6.07, 6.45) is 6.28. The molecule has 0 saturated carbocycles. The molecule has 0 aliphatic heterocycles. The number of fused-ring (bicyclic) bond motifs is 1. The second-order valence-electron chi connectivity index (χ2n) is 11.2. The lowest BCUT2D eigenvalue weighted by atomic mass is 10.0. The summed E-state index contributed by atoms with van der Waals surface area (Å²) in [7, 11) is 0. The van der Waals surface area contributed by atoms with E-state index in [-0.39, 0.29) is 23.3 Å². The normalized spacial score (nSPS) is 12.6. The highest BCUT2D eigenvalue weighted by atomic mass is 16.2. The molecule has 206 valence electrons. The molecule has 1 atom stereocenters. The minimum absolute atomic E-state index is 0.00470. The number of rotatable bonds is 11. The number of H-pyrrole nitrogens is 1.